The second kappa shape index (κ2) is 9.20. The van der Waals surface area contributed by atoms with Crippen molar-refractivity contribution in [1.29, 1.82) is 0 Å². The van der Waals surface area contributed by atoms with Crippen LogP contribution in [0.25, 0.3) is 0 Å². The number of rotatable bonds is 8. The first-order valence-corrected chi connectivity index (χ1v) is 12.0. The predicted octanol–water partition coefficient (Wildman–Crippen LogP) is 2.22. The highest BCUT2D eigenvalue weighted by molar-refractivity contribution is 7.90. The minimum absolute atomic E-state index is 0.0464. The van der Waals surface area contributed by atoms with E-state index in [1.165, 1.54) is 31.4 Å². The number of hydroxylamine groups is 1. The molecule has 0 fully saturated rings. The molecule has 1 aliphatic rings. The third-order valence-corrected chi connectivity index (χ3v) is 6.02. The van der Waals surface area contributed by atoms with Crippen LogP contribution < -0.4 is 14.5 Å². The summed E-state index contributed by atoms with van der Waals surface area (Å²) in [5, 5.41) is 10.4. The van der Waals surface area contributed by atoms with Crippen LogP contribution >= 0.6 is 0 Å². The maximum atomic E-state index is 13.4. The molecular formula is C22H24N2O8S. The Balaban J connectivity index is 2.16. The molecule has 0 aliphatic carbocycles. The van der Waals surface area contributed by atoms with Crippen molar-refractivity contribution < 1.29 is 37.5 Å². The van der Waals surface area contributed by atoms with Gasteiger partial charge < -0.3 is 9.47 Å². The molecule has 3 amide bonds. The van der Waals surface area contributed by atoms with E-state index in [9.17, 15) is 28.0 Å². The topological polar surface area (TPSA) is 131 Å². The average Bonchev–Trinajstić information content (AvgIpc) is 3.01. The molecule has 0 spiro atoms. The van der Waals surface area contributed by atoms with Crippen LogP contribution in [0.4, 0.5) is 5.69 Å². The van der Waals surface area contributed by atoms with Crippen molar-refractivity contribution >= 4 is 33.2 Å². The third-order valence-electron chi connectivity index (χ3n) is 5.10. The van der Waals surface area contributed by atoms with Crippen LogP contribution in [0.2, 0.25) is 0 Å². The fourth-order valence-electron chi connectivity index (χ4n) is 3.69. The Morgan fingerprint density at radius 3 is 2.42 bits per heavy atom. The molecule has 0 unspecified atom stereocenters. The summed E-state index contributed by atoms with van der Waals surface area (Å²) < 4.78 is 35.3. The van der Waals surface area contributed by atoms with Crippen LogP contribution in [-0.2, 0) is 14.6 Å². The normalized spacial score (nSPS) is 14.2. The summed E-state index contributed by atoms with van der Waals surface area (Å²) in [4.78, 5) is 39.2. The predicted molar refractivity (Wildman–Crippen MR) is 119 cm³/mol. The number of nitrogens with zero attached hydrogens (tertiary/aromatic N) is 2. The second-order valence-corrected chi connectivity index (χ2v) is 9.65. The van der Waals surface area contributed by atoms with Gasteiger partial charge in [-0.3, -0.25) is 24.5 Å². The minimum atomic E-state index is -3.66. The molecule has 2 aromatic rings. The summed E-state index contributed by atoms with van der Waals surface area (Å²) in [5.74, 6) is -2.13. The van der Waals surface area contributed by atoms with Crippen molar-refractivity contribution in [2.45, 2.75) is 19.9 Å². The van der Waals surface area contributed by atoms with Crippen LogP contribution in [0, 0.1) is 0 Å². The maximum absolute atomic E-state index is 13.4. The Hall–Kier alpha value is -3.44. The zero-order valence-electron chi connectivity index (χ0n) is 18.6. The molecule has 0 aromatic heterocycles. The van der Waals surface area contributed by atoms with Crippen LogP contribution in [0.3, 0.4) is 0 Å². The number of hydrogen-bond donors (Lipinski definition) is 1. The first-order chi connectivity index (χ1) is 15.5. The SMILES string of the molecule is CCOc1cc([C@@H](CS(C)(=O)=O)N2C(=O)c3cccc(N(O)C(C)=O)c3C2=O)ccc1OC. The molecule has 11 heteroatoms. The van der Waals surface area contributed by atoms with E-state index in [0.29, 0.717) is 23.7 Å². The smallest absolute Gasteiger partial charge is 0.264 e. The van der Waals surface area contributed by atoms with E-state index < -0.39 is 39.4 Å². The van der Waals surface area contributed by atoms with Gasteiger partial charge in [-0.1, -0.05) is 12.1 Å². The summed E-state index contributed by atoms with van der Waals surface area (Å²) >= 11 is 0. The van der Waals surface area contributed by atoms with Crippen molar-refractivity contribution in [1.82, 2.24) is 4.90 Å². The van der Waals surface area contributed by atoms with E-state index in [4.69, 9.17) is 9.47 Å². The highest BCUT2D eigenvalue weighted by Crippen LogP contribution is 2.39. The molecule has 1 N–H and O–H groups in total. The number of hydrogen-bond acceptors (Lipinski definition) is 8. The molecule has 10 nitrogen and oxygen atoms in total. The van der Waals surface area contributed by atoms with Crippen molar-refractivity contribution in [3.63, 3.8) is 0 Å². The number of imide groups is 1. The number of fused-ring (bicyclic) bond motifs is 1. The highest BCUT2D eigenvalue weighted by atomic mass is 32.2. The molecule has 2 aromatic carbocycles. The Kier molecular flexibility index (Phi) is 6.75. The van der Waals surface area contributed by atoms with Crippen LogP contribution in [0.5, 0.6) is 11.5 Å². The fraction of sp³-hybridized carbons (Fsp3) is 0.318. The number of ether oxygens (including phenoxy) is 2. The number of carbonyl (C=O) groups excluding carboxylic acids is 3. The molecule has 0 radical (unpaired) electrons. The van der Waals surface area contributed by atoms with Crippen LogP contribution in [0.1, 0.15) is 46.2 Å². The van der Waals surface area contributed by atoms with Crippen molar-refractivity contribution in [3.05, 3.63) is 53.1 Å². The Morgan fingerprint density at radius 1 is 1.15 bits per heavy atom. The van der Waals surface area contributed by atoms with Gasteiger partial charge in [0.1, 0.15) is 9.84 Å². The van der Waals surface area contributed by atoms with Gasteiger partial charge in [-0.05, 0) is 36.8 Å². The first kappa shape index (κ1) is 24.2. The van der Waals surface area contributed by atoms with Crippen LogP contribution in [-0.4, -0.2) is 62.0 Å². The van der Waals surface area contributed by atoms with Crippen LogP contribution in [0.15, 0.2) is 36.4 Å². The van der Waals surface area contributed by atoms with Gasteiger partial charge >= 0.3 is 0 Å². The maximum Gasteiger partial charge on any atom is 0.264 e. The zero-order valence-corrected chi connectivity index (χ0v) is 19.4. The lowest BCUT2D eigenvalue weighted by atomic mass is 10.1. The third kappa shape index (κ3) is 4.69. The molecule has 176 valence electrons. The summed E-state index contributed by atoms with van der Waals surface area (Å²) in [5.41, 5.74) is -0.0519. The average molecular weight is 477 g/mol. The summed E-state index contributed by atoms with van der Waals surface area (Å²) in [7, 11) is -2.20. The first-order valence-electron chi connectivity index (χ1n) is 9.99. The van der Waals surface area contributed by atoms with E-state index in [-0.39, 0.29) is 21.9 Å². The number of carbonyl (C=O) groups is 3. The lowest BCUT2D eigenvalue weighted by Crippen LogP contribution is -2.38. The summed E-state index contributed by atoms with van der Waals surface area (Å²) in [6, 6.07) is 7.57. The number of anilines is 1. The van der Waals surface area contributed by atoms with E-state index in [1.54, 1.807) is 19.1 Å². The van der Waals surface area contributed by atoms with Gasteiger partial charge in [0.15, 0.2) is 11.5 Å². The van der Waals surface area contributed by atoms with Gasteiger partial charge in [-0.2, -0.15) is 5.06 Å². The number of benzene rings is 2. The molecule has 0 saturated heterocycles. The zero-order chi connectivity index (χ0) is 24.5. The van der Waals surface area contributed by atoms with Gasteiger partial charge in [0, 0.05) is 13.2 Å². The van der Waals surface area contributed by atoms with E-state index in [1.807, 2.05) is 0 Å². The Bertz CT molecular complexity index is 1220. The minimum Gasteiger partial charge on any atom is -0.493 e. The molecule has 1 atom stereocenters. The highest BCUT2D eigenvalue weighted by Gasteiger charge is 2.44. The molecule has 33 heavy (non-hydrogen) atoms. The van der Waals surface area contributed by atoms with Gasteiger partial charge in [0.25, 0.3) is 11.8 Å². The molecule has 1 aliphatic heterocycles. The lowest BCUT2D eigenvalue weighted by Gasteiger charge is -2.27. The van der Waals surface area contributed by atoms with Gasteiger partial charge in [0.2, 0.25) is 5.91 Å². The van der Waals surface area contributed by atoms with E-state index in [0.717, 1.165) is 18.1 Å². The second-order valence-electron chi connectivity index (χ2n) is 7.46. The summed E-state index contributed by atoms with van der Waals surface area (Å²) in [6.45, 7) is 3.17. The van der Waals surface area contributed by atoms with E-state index in [2.05, 4.69) is 0 Å². The number of methoxy groups -OCH3 is 1. The van der Waals surface area contributed by atoms with Gasteiger partial charge in [-0.25, -0.2) is 8.42 Å². The molecule has 3 rings (SSSR count). The Labute approximate surface area is 191 Å². The number of sulfone groups is 1. The van der Waals surface area contributed by atoms with Gasteiger partial charge in [-0.15, -0.1) is 0 Å². The Morgan fingerprint density at radius 2 is 1.85 bits per heavy atom. The summed E-state index contributed by atoms with van der Waals surface area (Å²) in [6.07, 6.45) is 1.00. The molecule has 0 saturated carbocycles. The van der Waals surface area contributed by atoms with Crippen molar-refractivity contribution in [2.75, 3.05) is 30.8 Å². The molecular weight excluding hydrogens is 452 g/mol. The largest absolute Gasteiger partial charge is 0.493 e. The fourth-order valence-corrected chi connectivity index (χ4v) is 4.61. The number of amides is 3. The molecule has 0 bridgehead atoms. The lowest BCUT2D eigenvalue weighted by molar-refractivity contribution is -0.121. The van der Waals surface area contributed by atoms with Crippen molar-refractivity contribution in [3.8, 4) is 11.5 Å². The monoisotopic (exact) mass is 476 g/mol. The van der Waals surface area contributed by atoms with Crippen molar-refractivity contribution in [2.24, 2.45) is 0 Å². The van der Waals surface area contributed by atoms with E-state index >= 15 is 0 Å². The van der Waals surface area contributed by atoms with Gasteiger partial charge in [0.05, 0.1) is 42.3 Å². The molecule has 1 heterocycles. The standard InChI is InChI=1S/C22H24N2O8S/c1-5-32-19-11-14(9-10-18(19)31-3)17(12-33(4,29)30)23-21(26)15-7-6-8-16(20(15)22(23)27)24(28)13(2)25/h6-11,17,28H,5,12H2,1-4H3/t17-/m1/s1. The quantitative estimate of drug-likeness (QED) is 0.349.